The molecule has 0 spiro atoms. The second-order valence-electron chi connectivity index (χ2n) is 8.72. The second kappa shape index (κ2) is 9.51. The highest BCUT2D eigenvalue weighted by Gasteiger charge is 2.26. The molecular formula is C33H22N2O2. The SMILES string of the molecule is O=C(O)c1nc(-c2ccccc2)c2c(-c3ccccc3)cnc(-c3ccccc3)c2c1-c1ccccc1. The summed E-state index contributed by atoms with van der Waals surface area (Å²) in [5.41, 5.74) is 6.32. The zero-order valence-corrected chi connectivity index (χ0v) is 19.9. The predicted molar refractivity (Wildman–Crippen MR) is 148 cm³/mol. The summed E-state index contributed by atoms with van der Waals surface area (Å²) in [6.07, 6.45) is 1.88. The molecular weight excluding hydrogens is 456 g/mol. The van der Waals surface area contributed by atoms with Gasteiger partial charge in [-0.15, -0.1) is 0 Å². The molecule has 0 saturated heterocycles. The Hall–Kier alpha value is -5.09. The van der Waals surface area contributed by atoms with Crippen LogP contribution in [-0.4, -0.2) is 21.0 Å². The van der Waals surface area contributed by atoms with E-state index in [0.29, 0.717) is 11.3 Å². The average Bonchev–Trinajstić information content (AvgIpc) is 2.97. The molecule has 0 aliphatic heterocycles. The summed E-state index contributed by atoms with van der Waals surface area (Å²) < 4.78 is 0. The molecule has 0 amide bonds. The minimum Gasteiger partial charge on any atom is -0.476 e. The van der Waals surface area contributed by atoms with Crippen molar-refractivity contribution < 1.29 is 9.90 Å². The highest BCUT2D eigenvalue weighted by molar-refractivity contribution is 6.18. The number of fused-ring (bicyclic) bond motifs is 1. The van der Waals surface area contributed by atoms with Crippen molar-refractivity contribution in [1.29, 1.82) is 0 Å². The molecule has 6 aromatic rings. The minimum absolute atomic E-state index is 0.00162. The van der Waals surface area contributed by atoms with Crippen molar-refractivity contribution in [2.75, 3.05) is 0 Å². The molecule has 2 aromatic heterocycles. The molecule has 0 unspecified atom stereocenters. The molecule has 0 radical (unpaired) electrons. The lowest BCUT2D eigenvalue weighted by molar-refractivity contribution is 0.0691. The minimum atomic E-state index is -1.08. The molecule has 4 heteroatoms. The second-order valence-corrected chi connectivity index (χ2v) is 8.72. The monoisotopic (exact) mass is 478 g/mol. The van der Waals surface area contributed by atoms with Crippen molar-refractivity contribution in [2.24, 2.45) is 0 Å². The van der Waals surface area contributed by atoms with Gasteiger partial charge in [0, 0.05) is 39.2 Å². The molecule has 0 bridgehead atoms. The van der Waals surface area contributed by atoms with Crippen molar-refractivity contribution in [3.8, 4) is 44.8 Å². The van der Waals surface area contributed by atoms with E-state index in [1.54, 1.807) is 0 Å². The Morgan fingerprint density at radius 3 is 1.51 bits per heavy atom. The lowest BCUT2D eigenvalue weighted by Crippen LogP contribution is -2.08. The third-order valence-corrected chi connectivity index (χ3v) is 6.47. The summed E-state index contributed by atoms with van der Waals surface area (Å²) in [5, 5.41) is 12.1. The van der Waals surface area contributed by atoms with Crippen LogP contribution in [0.3, 0.4) is 0 Å². The van der Waals surface area contributed by atoms with Gasteiger partial charge < -0.3 is 5.11 Å². The Bertz CT molecular complexity index is 1720. The van der Waals surface area contributed by atoms with E-state index in [0.717, 1.165) is 44.3 Å². The molecule has 4 aromatic carbocycles. The Morgan fingerprint density at radius 2 is 1.00 bits per heavy atom. The summed E-state index contributed by atoms with van der Waals surface area (Å²) in [5.74, 6) is -1.08. The lowest BCUT2D eigenvalue weighted by Gasteiger charge is -2.20. The number of benzene rings is 4. The number of carbonyl (C=O) groups is 1. The fourth-order valence-electron chi connectivity index (χ4n) is 4.84. The lowest BCUT2D eigenvalue weighted by atomic mass is 9.88. The van der Waals surface area contributed by atoms with E-state index < -0.39 is 5.97 Å². The third kappa shape index (κ3) is 4.05. The molecule has 0 atom stereocenters. The number of hydrogen-bond acceptors (Lipinski definition) is 3. The fraction of sp³-hybridized carbons (Fsp3) is 0. The highest BCUT2D eigenvalue weighted by atomic mass is 16.4. The van der Waals surface area contributed by atoms with Gasteiger partial charge in [-0.05, 0) is 11.1 Å². The van der Waals surface area contributed by atoms with Crippen LogP contribution in [0.15, 0.2) is 128 Å². The van der Waals surface area contributed by atoms with Crippen LogP contribution >= 0.6 is 0 Å². The van der Waals surface area contributed by atoms with Gasteiger partial charge in [-0.2, -0.15) is 0 Å². The number of carboxylic acid groups (broad SMARTS) is 1. The van der Waals surface area contributed by atoms with E-state index in [-0.39, 0.29) is 5.69 Å². The van der Waals surface area contributed by atoms with E-state index >= 15 is 0 Å². The smallest absolute Gasteiger partial charge is 0.355 e. The first-order chi connectivity index (χ1) is 18.2. The van der Waals surface area contributed by atoms with Gasteiger partial charge in [0.1, 0.15) is 0 Å². The molecule has 4 nitrogen and oxygen atoms in total. The zero-order chi connectivity index (χ0) is 25.2. The first-order valence-corrected chi connectivity index (χ1v) is 12.0. The summed E-state index contributed by atoms with van der Waals surface area (Å²) in [4.78, 5) is 22.5. The number of hydrogen-bond donors (Lipinski definition) is 1. The summed E-state index contributed by atoms with van der Waals surface area (Å²) in [6.45, 7) is 0. The van der Waals surface area contributed by atoms with Gasteiger partial charge in [-0.3, -0.25) is 4.98 Å². The summed E-state index contributed by atoms with van der Waals surface area (Å²) in [6, 6.07) is 39.3. The number of nitrogens with zero attached hydrogens (tertiary/aromatic N) is 2. The van der Waals surface area contributed by atoms with E-state index in [2.05, 4.69) is 0 Å². The van der Waals surface area contributed by atoms with Gasteiger partial charge >= 0.3 is 5.97 Å². The molecule has 0 saturated carbocycles. The maximum Gasteiger partial charge on any atom is 0.355 e. The topological polar surface area (TPSA) is 63.1 Å². The van der Waals surface area contributed by atoms with Crippen molar-refractivity contribution >= 4 is 16.7 Å². The Kier molecular flexibility index (Phi) is 5.75. The molecule has 2 heterocycles. The maximum absolute atomic E-state index is 12.7. The Balaban J connectivity index is 1.89. The Labute approximate surface area is 214 Å². The molecule has 6 rings (SSSR count). The largest absolute Gasteiger partial charge is 0.476 e. The molecule has 37 heavy (non-hydrogen) atoms. The first-order valence-electron chi connectivity index (χ1n) is 12.0. The van der Waals surface area contributed by atoms with E-state index in [9.17, 15) is 9.90 Å². The van der Waals surface area contributed by atoms with Gasteiger partial charge in [0.15, 0.2) is 5.69 Å². The van der Waals surface area contributed by atoms with Crippen molar-refractivity contribution in [3.05, 3.63) is 133 Å². The van der Waals surface area contributed by atoms with Crippen LogP contribution in [0.1, 0.15) is 10.5 Å². The third-order valence-electron chi connectivity index (χ3n) is 6.47. The fourth-order valence-corrected chi connectivity index (χ4v) is 4.84. The van der Waals surface area contributed by atoms with E-state index in [1.807, 2.05) is 128 Å². The number of aromatic nitrogens is 2. The molecule has 0 aliphatic rings. The summed E-state index contributed by atoms with van der Waals surface area (Å²) in [7, 11) is 0. The highest BCUT2D eigenvalue weighted by Crippen LogP contribution is 2.44. The number of aromatic carboxylic acids is 1. The van der Waals surface area contributed by atoms with Gasteiger partial charge in [0.25, 0.3) is 0 Å². The molecule has 0 fully saturated rings. The number of pyridine rings is 2. The van der Waals surface area contributed by atoms with Crippen molar-refractivity contribution in [1.82, 2.24) is 9.97 Å². The zero-order valence-electron chi connectivity index (χ0n) is 19.9. The van der Waals surface area contributed by atoms with Gasteiger partial charge in [0.05, 0.1) is 11.4 Å². The van der Waals surface area contributed by atoms with E-state index in [1.165, 1.54) is 0 Å². The number of carboxylic acids is 1. The molecule has 1 N–H and O–H groups in total. The van der Waals surface area contributed by atoms with Crippen LogP contribution in [-0.2, 0) is 0 Å². The van der Waals surface area contributed by atoms with Crippen LogP contribution in [0.5, 0.6) is 0 Å². The van der Waals surface area contributed by atoms with Crippen LogP contribution in [0.4, 0.5) is 0 Å². The van der Waals surface area contributed by atoms with Gasteiger partial charge in [-0.1, -0.05) is 121 Å². The van der Waals surface area contributed by atoms with Crippen LogP contribution in [0.2, 0.25) is 0 Å². The van der Waals surface area contributed by atoms with Crippen molar-refractivity contribution in [2.45, 2.75) is 0 Å². The normalized spacial score (nSPS) is 10.9. The Morgan fingerprint density at radius 1 is 0.541 bits per heavy atom. The number of rotatable bonds is 5. The first kappa shape index (κ1) is 22.4. The van der Waals surface area contributed by atoms with Crippen LogP contribution in [0, 0.1) is 0 Å². The maximum atomic E-state index is 12.7. The average molecular weight is 479 g/mol. The quantitative estimate of drug-likeness (QED) is 0.273. The molecule has 176 valence electrons. The van der Waals surface area contributed by atoms with Crippen molar-refractivity contribution in [3.63, 3.8) is 0 Å². The summed E-state index contributed by atoms with van der Waals surface area (Å²) >= 11 is 0. The van der Waals surface area contributed by atoms with Gasteiger partial charge in [-0.25, -0.2) is 9.78 Å². The van der Waals surface area contributed by atoms with Crippen LogP contribution < -0.4 is 0 Å². The molecule has 0 aliphatic carbocycles. The predicted octanol–water partition coefficient (Wildman–Crippen LogP) is 8.00. The van der Waals surface area contributed by atoms with Gasteiger partial charge in [0.2, 0.25) is 0 Å². The van der Waals surface area contributed by atoms with Crippen LogP contribution in [0.25, 0.3) is 55.5 Å². The standard InChI is InChI=1S/C33H22N2O2/c36-33(37)32-27(23-15-7-2-8-16-23)29-28(31(35-32)25-19-11-4-12-20-25)26(22-13-5-1-6-14-22)21-34-30(29)24-17-9-3-10-18-24/h1-21H,(H,36,37). The van der Waals surface area contributed by atoms with E-state index in [4.69, 9.17) is 9.97 Å².